The molecule has 0 amide bonds. The maximum absolute atomic E-state index is 11.2. The molecule has 62 valence electrons. The van der Waals surface area contributed by atoms with E-state index in [4.69, 9.17) is 0 Å². The third-order valence-electron chi connectivity index (χ3n) is 1.62. The lowest BCUT2D eigenvalue weighted by Crippen LogP contribution is -1.88. The SMILES string of the molecule is CC1=C2SC(=O)C(Br)=C2SC1=O. The topological polar surface area (TPSA) is 34.1 Å². The van der Waals surface area contributed by atoms with Crippen LogP contribution in [0.1, 0.15) is 6.92 Å². The van der Waals surface area contributed by atoms with Gasteiger partial charge in [-0.15, -0.1) is 0 Å². The summed E-state index contributed by atoms with van der Waals surface area (Å²) >= 11 is 5.44. The van der Waals surface area contributed by atoms with Crippen molar-refractivity contribution >= 4 is 49.7 Å². The Morgan fingerprint density at radius 3 is 2.25 bits per heavy atom. The van der Waals surface area contributed by atoms with Crippen molar-refractivity contribution in [3.05, 3.63) is 19.9 Å². The van der Waals surface area contributed by atoms with Gasteiger partial charge >= 0.3 is 0 Å². The van der Waals surface area contributed by atoms with Crippen LogP contribution in [0, 0.1) is 0 Å². The number of hydrogen-bond acceptors (Lipinski definition) is 4. The summed E-state index contributed by atoms with van der Waals surface area (Å²) in [5, 5.41) is 0.0521. The molecule has 5 heteroatoms. The Morgan fingerprint density at radius 1 is 1.08 bits per heavy atom. The van der Waals surface area contributed by atoms with E-state index in [1.165, 1.54) is 0 Å². The smallest absolute Gasteiger partial charge is 0.232 e. The second-order valence-corrected chi connectivity index (χ2v) is 5.14. The monoisotopic (exact) mass is 262 g/mol. The third kappa shape index (κ3) is 1.03. The molecule has 0 N–H and O–H groups in total. The quantitative estimate of drug-likeness (QED) is 0.672. The fraction of sp³-hybridized carbons (Fsp3) is 0.143. The maximum Gasteiger partial charge on any atom is 0.232 e. The highest BCUT2D eigenvalue weighted by molar-refractivity contribution is 9.12. The van der Waals surface area contributed by atoms with Gasteiger partial charge in [-0.05, 0) is 46.4 Å². The molecule has 0 saturated heterocycles. The van der Waals surface area contributed by atoms with Gasteiger partial charge in [0, 0.05) is 15.4 Å². The van der Waals surface area contributed by atoms with Gasteiger partial charge in [0.25, 0.3) is 0 Å². The van der Waals surface area contributed by atoms with Gasteiger partial charge in [0.1, 0.15) is 0 Å². The molecule has 0 aromatic carbocycles. The predicted molar refractivity (Wildman–Crippen MR) is 53.8 cm³/mol. The number of carbonyl (C=O) groups excluding carboxylic acids is 2. The van der Waals surface area contributed by atoms with E-state index in [0.29, 0.717) is 10.1 Å². The zero-order chi connectivity index (χ0) is 8.88. The number of fused-ring (bicyclic) bond motifs is 1. The van der Waals surface area contributed by atoms with Gasteiger partial charge in [-0.1, -0.05) is 0 Å². The first-order valence-electron chi connectivity index (χ1n) is 3.16. The molecular formula is C7H3BrO2S2. The van der Waals surface area contributed by atoms with Gasteiger partial charge in [-0.25, -0.2) is 0 Å². The molecule has 0 atom stereocenters. The highest BCUT2D eigenvalue weighted by atomic mass is 79.9. The van der Waals surface area contributed by atoms with E-state index >= 15 is 0 Å². The molecule has 2 aliphatic heterocycles. The zero-order valence-corrected chi connectivity index (χ0v) is 9.23. The Labute approximate surface area is 86.0 Å². The molecule has 2 nitrogen and oxygen atoms in total. The minimum absolute atomic E-state index is 0.000602. The molecule has 0 aromatic rings. The second kappa shape index (κ2) is 2.75. The van der Waals surface area contributed by atoms with Crippen LogP contribution in [-0.4, -0.2) is 10.2 Å². The van der Waals surface area contributed by atoms with Crippen molar-refractivity contribution in [1.82, 2.24) is 0 Å². The van der Waals surface area contributed by atoms with Crippen LogP contribution in [0.4, 0.5) is 0 Å². The number of halogens is 1. The van der Waals surface area contributed by atoms with E-state index in [2.05, 4.69) is 15.9 Å². The zero-order valence-electron chi connectivity index (χ0n) is 6.01. The van der Waals surface area contributed by atoms with Crippen LogP contribution < -0.4 is 0 Å². The highest BCUT2D eigenvalue weighted by Gasteiger charge is 2.36. The van der Waals surface area contributed by atoms with E-state index in [-0.39, 0.29) is 10.2 Å². The average molecular weight is 263 g/mol. The van der Waals surface area contributed by atoms with Crippen molar-refractivity contribution in [2.45, 2.75) is 6.92 Å². The molecule has 0 bridgehead atoms. The molecule has 0 radical (unpaired) electrons. The normalized spacial score (nSPS) is 22.8. The van der Waals surface area contributed by atoms with Gasteiger partial charge in [0.15, 0.2) is 0 Å². The molecule has 0 aromatic heterocycles. The van der Waals surface area contributed by atoms with Gasteiger partial charge in [-0.2, -0.15) is 0 Å². The third-order valence-corrected chi connectivity index (χ3v) is 5.24. The first-order valence-corrected chi connectivity index (χ1v) is 5.59. The largest absolute Gasteiger partial charge is 0.282 e. The average Bonchev–Trinajstić information content (AvgIpc) is 2.43. The second-order valence-electron chi connectivity index (χ2n) is 2.38. The van der Waals surface area contributed by atoms with E-state index in [1.807, 2.05) is 0 Å². The van der Waals surface area contributed by atoms with Crippen molar-refractivity contribution in [3.63, 3.8) is 0 Å². The minimum Gasteiger partial charge on any atom is -0.282 e. The van der Waals surface area contributed by atoms with Crippen molar-refractivity contribution in [3.8, 4) is 0 Å². The number of hydrogen-bond donors (Lipinski definition) is 0. The van der Waals surface area contributed by atoms with Crippen LogP contribution >= 0.6 is 39.5 Å². The molecule has 0 aliphatic carbocycles. The van der Waals surface area contributed by atoms with Crippen LogP contribution in [0.3, 0.4) is 0 Å². The van der Waals surface area contributed by atoms with Gasteiger partial charge in [-0.3, -0.25) is 9.59 Å². The number of carbonyl (C=O) groups is 2. The van der Waals surface area contributed by atoms with Crippen molar-refractivity contribution < 1.29 is 9.59 Å². The molecule has 2 heterocycles. The number of thioether (sulfide) groups is 2. The van der Waals surface area contributed by atoms with Crippen molar-refractivity contribution in [1.29, 1.82) is 0 Å². The van der Waals surface area contributed by atoms with Crippen LogP contribution in [0.15, 0.2) is 19.9 Å². The first-order chi connectivity index (χ1) is 5.61. The molecule has 0 spiro atoms. The van der Waals surface area contributed by atoms with Crippen LogP contribution in [0.2, 0.25) is 0 Å². The van der Waals surface area contributed by atoms with E-state index < -0.39 is 0 Å². The summed E-state index contributed by atoms with van der Waals surface area (Å²) in [4.78, 5) is 23.9. The number of rotatable bonds is 0. The predicted octanol–water partition coefficient (Wildman–Crippen LogP) is 2.41. The molecule has 0 fully saturated rings. The lowest BCUT2D eigenvalue weighted by molar-refractivity contribution is -0.108. The van der Waals surface area contributed by atoms with Gasteiger partial charge in [0.2, 0.25) is 10.2 Å². The first kappa shape index (κ1) is 8.59. The summed E-state index contributed by atoms with van der Waals surface area (Å²) in [5.41, 5.74) is 0.697. The van der Waals surface area contributed by atoms with Crippen molar-refractivity contribution in [2.75, 3.05) is 0 Å². The Bertz CT molecular complexity index is 332. The molecular weight excluding hydrogens is 260 g/mol. The fourth-order valence-corrected chi connectivity index (χ4v) is 3.86. The molecule has 2 rings (SSSR count). The molecule has 0 saturated carbocycles. The standard InChI is InChI=1S/C7H3BrO2S2/c1-2-4-5(12-6(2)9)3(8)7(10)11-4/h1H3. The summed E-state index contributed by atoms with van der Waals surface area (Å²) in [5.74, 6) is 0. The lowest BCUT2D eigenvalue weighted by atomic mass is 10.3. The Kier molecular flexibility index (Phi) is 1.97. The lowest BCUT2D eigenvalue weighted by Gasteiger charge is -1.89. The van der Waals surface area contributed by atoms with Gasteiger partial charge < -0.3 is 0 Å². The molecule has 12 heavy (non-hydrogen) atoms. The van der Waals surface area contributed by atoms with Gasteiger partial charge in [0.05, 0.1) is 4.48 Å². The van der Waals surface area contributed by atoms with Crippen LogP contribution in [0.25, 0.3) is 0 Å². The summed E-state index contributed by atoms with van der Waals surface area (Å²) in [6, 6.07) is 0. The maximum atomic E-state index is 11.2. The van der Waals surface area contributed by atoms with E-state index in [1.54, 1.807) is 6.92 Å². The van der Waals surface area contributed by atoms with Crippen molar-refractivity contribution in [2.24, 2.45) is 0 Å². The summed E-state index contributed by atoms with van der Waals surface area (Å²) in [7, 11) is 0. The summed E-state index contributed by atoms with van der Waals surface area (Å²) < 4.78 is 0.540. The minimum atomic E-state index is -0.000602. The summed E-state index contributed by atoms with van der Waals surface area (Å²) in [6.07, 6.45) is 0. The highest BCUT2D eigenvalue weighted by Crippen LogP contribution is 2.52. The molecule has 0 unspecified atom stereocenters. The summed E-state index contributed by atoms with van der Waals surface area (Å²) in [6.45, 7) is 1.75. The Hall–Kier alpha value is -0.000000000000000111. The van der Waals surface area contributed by atoms with Crippen LogP contribution in [0.5, 0.6) is 0 Å². The van der Waals surface area contributed by atoms with E-state index in [0.717, 1.165) is 33.3 Å². The molecule has 2 aliphatic rings. The van der Waals surface area contributed by atoms with Crippen LogP contribution in [-0.2, 0) is 9.59 Å². The fourth-order valence-electron chi connectivity index (χ4n) is 0.976. The Balaban J connectivity index is 2.59. The Morgan fingerprint density at radius 2 is 1.67 bits per heavy atom. The van der Waals surface area contributed by atoms with E-state index in [9.17, 15) is 9.59 Å².